The van der Waals surface area contributed by atoms with E-state index in [1.54, 1.807) is 0 Å². The predicted molar refractivity (Wildman–Crippen MR) is 63.0 cm³/mol. The smallest absolute Gasteiger partial charge is 0.307 e. The van der Waals surface area contributed by atoms with Crippen molar-refractivity contribution in [2.24, 2.45) is 5.41 Å². The summed E-state index contributed by atoms with van der Waals surface area (Å²) < 4.78 is 35.7. The quantitative estimate of drug-likeness (QED) is 0.774. The van der Waals surface area contributed by atoms with Crippen molar-refractivity contribution in [1.29, 1.82) is 0 Å². The summed E-state index contributed by atoms with van der Waals surface area (Å²) in [6.07, 6.45) is -0.612. The second-order valence-electron chi connectivity index (χ2n) is 5.65. The van der Waals surface area contributed by atoms with Crippen LogP contribution in [0.5, 0.6) is 0 Å². The molecule has 0 bridgehead atoms. The van der Waals surface area contributed by atoms with Gasteiger partial charge in [-0.15, -0.1) is 0 Å². The highest BCUT2D eigenvalue weighted by molar-refractivity contribution is 4.76. The number of nitrogens with one attached hydrogen (secondary N) is 1. The van der Waals surface area contributed by atoms with Crippen molar-refractivity contribution in [2.75, 3.05) is 32.7 Å². The molecule has 5 heteroatoms. The minimum Gasteiger partial charge on any atom is -0.307 e. The molecule has 1 fully saturated rings. The van der Waals surface area contributed by atoms with E-state index in [4.69, 9.17) is 0 Å². The van der Waals surface area contributed by atoms with Crippen molar-refractivity contribution in [3.05, 3.63) is 0 Å². The maximum Gasteiger partial charge on any atom is 0.401 e. The van der Waals surface area contributed by atoms with E-state index in [9.17, 15) is 13.2 Å². The standard InChI is InChI=1S/C12H23F3N2/c1-11(2)4-3-7-17(8-5-11)9-6-16-10-12(13,14)15/h16H,3-10H2,1-2H3. The van der Waals surface area contributed by atoms with Crippen LogP contribution >= 0.6 is 0 Å². The molecular formula is C12H23F3N2. The van der Waals surface area contributed by atoms with Crippen LogP contribution in [0.25, 0.3) is 0 Å². The lowest BCUT2D eigenvalue weighted by molar-refractivity contribution is -0.124. The fraction of sp³-hybridized carbons (Fsp3) is 1.00. The van der Waals surface area contributed by atoms with Crippen molar-refractivity contribution in [1.82, 2.24) is 10.2 Å². The lowest BCUT2D eigenvalue weighted by atomic mass is 9.85. The van der Waals surface area contributed by atoms with Gasteiger partial charge < -0.3 is 10.2 Å². The maximum absolute atomic E-state index is 11.9. The van der Waals surface area contributed by atoms with E-state index in [0.29, 0.717) is 18.5 Å². The number of likely N-dealkylation sites (tertiary alicyclic amines) is 1. The van der Waals surface area contributed by atoms with Crippen LogP contribution in [-0.2, 0) is 0 Å². The Bertz CT molecular complexity index is 226. The van der Waals surface area contributed by atoms with Crippen LogP contribution in [-0.4, -0.2) is 43.8 Å². The van der Waals surface area contributed by atoms with Crippen molar-refractivity contribution in [3.8, 4) is 0 Å². The molecule has 0 saturated carbocycles. The number of halogens is 3. The molecule has 1 heterocycles. The number of hydrogen-bond donors (Lipinski definition) is 1. The third-order valence-corrected chi connectivity index (χ3v) is 3.36. The van der Waals surface area contributed by atoms with Gasteiger partial charge in [-0.1, -0.05) is 13.8 Å². The lowest BCUT2D eigenvalue weighted by Gasteiger charge is -2.23. The molecule has 1 aliphatic heterocycles. The van der Waals surface area contributed by atoms with Crippen LogP contribution in [0.1, 0.15) is 33.1 Å². The first-order valence-electron chi connectivity index (χ1n) is 6.28. The average molecular weight is 252 g/mol. The third-order valence-electron chi connectivity index (χ3n) is 3.36. The Balaban J connectivity index is 2.15. The summed E-state index contributed by atoms with van der Waals surface area (Å²) in [5.41, 5.74) is 0.383. The van der Waals surface area contributed by atoms with Gasteiger partial charge in [0.15, 0.2) is 0 Å². The van der Waals surface area contributed by atoms with E-state index in [1.165, 1.54) is 6.42 Å². The molecule has 0 aromatic heterocycles. The summed E-state index contributed by atoms with van der Waals surface area (Å²) in [5, 5.41) is 2.45. The largest absolute Gasteiger partial charge is 0.401 e. The van der Waals surface area contributed by atoms with Crippen molar-refractivity contribution in [2.45, 2.75) is 39.3 Å². The van der Waals surface area contributed by atoms with Crippen LogP contribution in [0.15, 0.2) is 0 Å². The highest BCUT2D eigenvalue weighted by atomic mass is 19.4. The van der Waals surface area contributed by atoms with E-state index in [-0.39, 0.29) is 0 Å². The van der Waals surface area contributed by atoms with E-state index in [0.717, 1.165) is 25.9 Å². The summed E-state index contributed by atoms with van der Waals surface area (Å²) >= 11 is 0. The Kier molecular flexibility index (Phi) is 5.25. The van der Waals surface area contributed by atoms with E-state index in [2.05, 4.69) is 24.1 Å². The highest BCUT2D eigenvalue weighted by Gasteiger charge is 2.26. The van der Waals surface area contributed by atoms with E-state index < -0.39 is 12.7 Å². The van der Waals surface area contributed by atoms with Gasteiger partial charge in [-0.05, 0) is 37.8 Å². The summed E-state index contributed by atoms with van der Waals surface area (Å²) in [6.45, 7) is 6.78. The monoisotopic (exact) mass is 252 g/mol. The minimum absolute atomic E-state index is 0.383. The zero-order chi connectivity index (χ0) is 12.9. The van der Waals surface area contributed by atoms with E-state index in [1.807, 2.05) is 0 Å². The van der Waals surface area contributed by atoms with Crippen molar-refractivity contribution >= 4 is 0 Å². The molecular weight excluding hydrogens is 229 g/mol. The Morgan fingerprint density at radius 2 is 1.88 bits per heavy atom. The zero-order valence-electron chi connectivity index (χ0n) is 10.7. The van der Waals surface area contributed by atoms with Crippen LogP contribution < -0.4 is 5.32 Å². The Hall–Kier alpha value is -0.290. The van der Waals surface area contributed by atoms with Crippen LogP contribution in [0.3, 0.4) is 0 Å². The summed E-state index contributed by atoms with van der Waals surface area (Å²) in [5.74, 6) is 0. The first-order chi connectivity index (χ1) is 7.79. The fourth-order valence-electron chi connectivity index (χ4n) is 2.17. The Morgan fingerprint density at radius 3 is 2.53 bits per heavy atom. The molecule has 0 radical (unpaired) electrons. The molecule has 102 valence electrons. The topological polar surface area (TPSA) is 15.3 Å². The molecule has 1 aliphatic rings. The Morgan fingerprint density at radius 1 is 1.18 bits per heavy atom. The molecule has 0 aromatic carbocycles. The second kappa shape index (κ2) is 6.05. The molecule has 1 saturated heterocycles. The molecule has 0 amide bonds. The number of nitrogens with zero attached hydrogens (tertiary/aromatic N) is 1. The number of rotatable bonds is 4. The van der Waals surface area contributed by atoms with Crippen LogP contribution in [0.2, 0.25) is 0 Å². The molecule has 0 aromatic rings. The second-order valence-corrected chi connectivity index (χ2v) is 5.65. The van der Waals surface area contributed by atoms with Gasteiger partial charge in [-0.2, -0.15) is 13.2 Å². The normalized spacial score (nSPS) is 22.4. The maximum atomic E-state index is 11.9. The summed E-state index contributed by atoms with van der Waals surface area (Å²) in [6, 6.07) is 0. The lowest BCUT2D eigenvalue weighted by Crippen LogP contribution is -2.37. The van der Waals surface area contributed by atoms with Gasteiger partial charge in [0, 0.05) is 13.1 Å². The van der Waals surface area contributed by atoms with E-state index >= 15 is 0 Å². The first kappa shape index (κ1) is 14.8. The third kappa shape index (κ3) is 6.88. The van der Waals surface area contributed by atoms with Crippen molar-refractivity contribution < 1.29 is 13.2 Å². The molecule has 17 heavy (non-hydrogen) atoms. The van der Waals surface area contributed by atoms with Crippen LogP contribution in [0, 0.1) is 5.41 Å². The minimum atomic E-state index is -4.10. The van der Waals surface area contributed by atoms with Gasteiger partial charge in [0.05, 0.1) is 6.54 Å². The molecule has 1 N–H and O–H groups in total. The van der Waals surface area contributed by atoms with Gasteiger partial charge in [-0.25, -0.2) is 0 Å². The number of alkyl halides is 3. The molecule has 0 unspecified atom stereocenters. The molecule has 0 spiro atoms. The fourth-order valence-corrected chi connectivity index (χ4v) is 2.17. The zero-order valence-corrected chi connectivity index (χ0v) is 10.7. The van der Waals surface area contributed by atoms with Crippen molar-refractivity contribution in [3.63, 3.8) is 0 Å². The first-order valence-corrected chi connectivity index (χ1v) is 6.28. The van der Waals surface area contributed by atoms with Gasteiger partial charge in [0.2, 0.25) is 0 Å². The predicted octanol–water partition coefficient (Wildman–Crippen LogP) is 2.65. The summed E-state index contributed by atoms with van der Waals surface area (Å²) in [7, 11) is 0. The van der Waals surface area contributed by atoms with Gasteiger partial charge in [-0.3, -0.25) is 0 Å². The molecule has 1 rings (SSSR count). The Labute approximate surface area is 102 Å². The SMILES string of the molecule is CC1(C)CCCN(CCNCC(F)(F)F)CC1. The van der Waals surface area contributed by atoms with Gasteiger partial charge in [0.1, 0.15) is 0 Å². The van der Waals surface area contributed by atoms with Gasteiger partial charge >= 0.3 is 6.18 Å². The number of hydrogen-bond acceptors (Lipinski definition) is 2. The summed E-state index contributed by atoms with van der Waals surface area (Å²) in [4.78, 5) is 2.26. The van der Waals surface area contributed by atoms with Crippen LogP contribution in [0.4, 0.5) is 13.2 Å². The molecule has 0 atom stereocenters. The average Bonchev–Trinajstić information content (AvgIpc) is 2.33. The van der Waals surface area contributed by atoms with Gasteiger partial charge in [0.25, 0.3) is 0 Å². The molecule has 2 nitrogen and oxygen atoms in total. The highest BCUT2D eigenvalue weighted by Crippen LogP contribution is 2.29. The molecule has 0 aliphatic carbocycles.